The Morgan fingerprint density at radius 3 is 2.60 bits per heavy atom. The molecule has 2 aromatic heterocycles. The van der Waals surface area contributed by atoms with Gasteiger partial charge in [-0.2, -0.15) is 10.1 Å². The number of aromatic nitrogens is 4. The highest BCUT2D eigenvalue weighted by Gasteiger charge is 2.14. The van der Waals surface area contributed by atoms with Gasteiger partial charge < -0.3 is 9.26 Å². The van der Waals surface area contributed by atoms with Crippen molar-refractivity contribution in [1.82, 2.24) is 20.3 Å². The van der Waals surface area contributed by atoms with Crippen molar-refractivity contribution in [1.29, 1.82) is 0 Å². The van der Waals surface area contributed by atoms with Crippen molar-refractivity contribution in [3.05, 3.63) is 60.2 Å². The maximum absolute atomic E-state index is 5.38. The van der Waals surface area contributed by atoms with E-state index in [0.717, 1.165) is 28.1 Å². The Kier molecular flexibility index (Phi) is 3.78. The van der Waals surface area contributed by atoms with Crippen LogP contribution in [-0.2, 0) is 0 Å². The molecule has 4 aromatic rings. The highest BCUT2D eigenvalue weighted by Crippen LogP contribution is 2.26. The van der Waals surface area contributed by atoms with Gasteiger partial charge in [-0.1, -0.05) is 28.9 Å². The summed E-state index contributed by atoms with van der Waals surface area (Å²) in [7, 11) is 1.64. The zero-order chi connectivity index (χ0) is 17.2. The third-order valence-corrected chi connectivity index (χ3v) is 3.90. The first-order valence-corrected chi connectivity index (χ1v) is 7.84. The van der Waals surface area contributed by atoms with Crippen molar-refractivity contribution in [3.63, 3.8) is 0 Å². The van der Waals surface area contributed by atoms with Crippen LogP contribution in [0.25, 0.3) is 34.2 Å². The van der Waals surface area contributed by atoms with Crippen LogP contribution in [0.1, 0.15) is 5.56 Å². The molecule has 0 unspecified atom stereocenters. The molecule has 0 spiro atoms. The molecule has 0 saturated carbocycles. The molecule has 0 aliphatic heterocycles. The van der Waals surface area contributed by atoms with Gasteiger partial charge in [-0.25, -0.2) is 0 Å². The number of aromatic amines is 1. The molecule has 0 bridgehead atoms. The molecule has 0 atom stereocenters. The number of aryl methyl sites for hydroxylation is 1. The van der Waals surface area contributed by atoms with Crippen molar-refractivity contribution in [2.45, 2.75) is 6.92 Å². The highest BCUT2D eigenvalue weighted by molar-refractivity contribution is 5.66. The van der Waals surface area contributed by atoms with Gasteiger partial charge in [0, 0.05) is 11.1 Å². The maximum Gasteiger partial charge on any atom is 0.276 e. The summed E-state index contributed by atoms with van der Waals surface area (Å²) in [5.74, 6) is 1.77. The summed E-state index contributed by atoms with van der Waals surface area (Å²) >= 11 is 0. The molecule has 0 aliphatic rings. The SMILES string of the molecule is COc1ccc(-c2cc(-c3nc(-c4cccc(C)c4)no3)[nH]n2)cc1. The predicted octanol–water partition coefficient (Wildman–Crippen LogP) is 4.11. The van der Waals surface area contributed by atoms with E-state index < -0.39 is 0 Å². The number of nitrogens with one attached hydrogen (secondary N) is 1. The fourth-order valence-electron chi connectivity index (χ4n) is 2.58. The summed E-state index contributed by atoms with van der Waals surface area (Å²) in [5.41, 5.74) is 4.52. The van der Waals surface area contributed by atoms with Gasteiger partial charge in [0.15, 0.2) is 0 Å². The maximum atomic E-state index is 5.38. The van der Waals surface area contributed by atoms with Gasteiger partial charge in [0.2, 0.25) is 5.82 Å². The molecule has 0 saturated heterocycles. The minimum absolute atomic E-state index is 0.406. The molecule has 25 heavy (non-hydrogen) atoms. The van der Waals surface area contributed by atoms with Gasteiger partial charge in [0.05, 0.1) is 12.8 Å². The van der Waals surface area contributed by atoms with Crippen LogP contribution in [0.5, 0.6) is 5.75 Å². The van der Waals surface area contributed by atoms with Crippen molar-refractivity contribution in [3.8, 4) is 40.0 Å². The second-order valence-electron chi connectivity index (χ2n) is 5.69. The smallest absolute Gasteiger partial charge is 0.276 e. The number of hydrogen-bond acceptors (Lipinski definition) is 5. The first kappa shape index (κ1) is 15.1. The van der Waals surface area contributed by atoms with Gasteiger partial charge in [-0.3, -0.25) is 5.10 Å². The van der Waals surface area contributed by atoms with Crippen molar-refractivity contribution in [2.24, 2.45) is 0 Å². The van der Waals surface area contributed by atoms with Crippen LogP contribution in [0.4, 0.5) is 0 Å². The second kappa shape index (κ2) is 6.24. The quantitative estimate of drug-likeness (QED) is 0.608. The third-order valence-electron chi connectivity index (χ3n) is 3.90. The molecular weight excluding hydrogens is 316 g/mol. The topological polar surface area (TPSA) is 76.8 Å². The molecule has 0 fully saturated rings. The van der Waals surface area contributed by atoms with Crippen molar-refractivity contribution < 1.29 is 9.26 Å². The average Bonchev–Trinajstić information content (AvgIpc) is 3.31. The number of hydrogen-bond donors (Lipinski definition) is 1. The molecule has 1 N–H and O–H groups in total. The minimum atomic E-state index is 0.406. The lowest BCUT2D eigenvalue weighted by atomic mass is 10.1. The van der Waals surface area contributed by atoms with Gasteiger partial charge in [-0.05, 0) is 43.3 Å². The predicted molar refractivity (Wildman–Crippen MR) is 94.0 cm³/mol. The largest absolute Gasteiger partial charge is 0.497 e. The van der Waals surface area contributed by atoms with Crippen LogP contribution < -0.4 is 4.74 Å². The van der Waals surface area contributed by atoms with Crippen LogP contribution in [0.15, 0.2) is 59.1 Å². The van der Waals surface area contributed by atoms with Gasteiger partial charge in [0.1, 0.15) is 11.4 Å². The molecular formula is C19H16N4O2. The Morgan fingerprint density at radius 2 is 1.84 bits per heavy atom. The molecule has 4 rings (SSSR count). The van der Waals surface area contributed by atoms with Crippen molar-refractivity contribution >= 4 is 0 Å². The third kappa shape index (κ3) is 3.01. The Balaban J connectivity index is 1.62. The molecule has 6 heteroatoms. The number of methoxy groups -OCH3 is 1. The molecule has 2 aromatic carbocycles. The molecule has 0 radical (unpaired) electrons. The molecule has 124 valence electrons. The number of benzene rings is 2. The van der Waals surface area contributed by atoms with Crippen LogP contribution in [0.3, 0.4) is 0 Å². The zero-order valence-electron chi connectivity index (χ0n) is 13.9. The monoisotopic (exact) mass is 332 g/mol. The lowest BCUT2D eigenvalue weighted by Gasteiger charge is -1.99. The van der Waals surface area contributed by atoms with Crippen LogP contribution in [0.2, 0.25) is 0 Å². The van der Waals surface area contributed by atoms with E-state index in [9.17, 15) is 0 Å². The molecule has 6 nitrogen and oxygen atoms in total. The zero-order valence-corrected chi connectivity index (χ0v) is 13.9. The summed E-state index contributed by atoms with van der Waals surface area (Å²) in [6, 6.07) is 17.5. The van der Waals surface area contributed by atoms with E-state index in [-0.39, 0.29) is 0 Å². The number of nitrogens with zero attached hydrogens (tertiary/aromatic N) is 3. The summed E-state index contributed by atoms with van der Waals surface area (Å²) in [6.07, 6.45) is 0. The van der Waals surface area contributed by atoms with E-state index in [1.54, 1.807) is 7.11 Å². The lowest BCUT2D eigenvalue weighted by molar-refractivity contribution is 0.415. The summed E-state index contributed by atoms with van der Waals surface area (Å²) < 4.78 is 10.5. The van der Waals surface area contributed by atoms with Gasteiger partial charge in [0.25, 0.3) is 5.89 Å². The van der Waals surface area contributed by atoms with E-state index in [0.29, 0.717) is 17.4 Å². The number of rotatable bonds is 4. The van der Waals surface area contributed by atoms with Gasteiger partial charge in [-0.15, -0.1) is 0 Å². The summed E-state index contributed by atoms with van der Waals surface area (Å²) in [5, 5.41) is 11.3. The van der Waals surface area contributed by atoms with E-state index in [1.807, 2.05) is 61.5 Å². The Hall–Kier alpha value is -3.41. The van der Waals surface area contributed by atoms with Gasteiger partial charge >= 0.3 is 0 Å². The highest BCUT2D eigenvalue weighted by atomic mass is 16.5. The Morgan fingerprint density at radius 1 is 1.00 bits per heavy atom. The van der Waals surface area contributed by atoms with Crippen LogP contribution >= 0.6 is 0 Å². The second-order valence-corrected chi connectivity index (χ2v) is 5.69. The standard InChI is InChI=1S/C19H16N4O2/c1-12-4-3-5-14(10-12)18-20-19(25-23-18)17-11-16(21-22-17)13-6-8-15(24-2)9-7-13/h3-11H,1-2H3,(H,21,22). The van der Waals surface area contributed by atoms with Crippen molar-refractivity contribution in [2.75, 3.05) is 7.11 Å². The van der Waals surface area contributed by atoms with E-state index in [4.69, 9.17) is 9.26 Å². The normalized spacial score (nSPS) is 10.8. The Labute approximate surface area is 144 Å². The van der Waals surface area contributed by atoms with E-state index >= 15 is 0 Å². The minimum Gasteiger partial charge on any atom is -0.497 e. The van der Waals surface area contributed by atoms with E-state index in [2.05, 4.69) is 20.3 Å². The Bertz CT molecular complexity index is 1000. The number of H-pyrrole nitrogens is 1. The fourth-order valence-corrected chi connectivity index (χ4v) is 2.58. The number of ether oxygens (including phenoxy) is 1. The molecule has 0 amide bonds. The average molecular weight is 332 g/mol. The lowest BCUT2D eigenvalue weighted by Crippen LogP contribution is -1.82. The molecule has 2 heterocycles. The van der Waals surface area contributed by atoms with E-state index in [1.165, 1.54) is 0 Å². The summed E-state index contributed by atoms with van der Waals surface area (Å²) in [6.45, 7) is 2.03. The fraction of sp³-hybridized carbons (Fsp3) is 0.105. The van der Waals surface area contributed by atoms with Crippen LogP contribution in [-0.4, -0.2) is 27.4 Å². The molecule has 0 aliphatic carbocycles. The summed E-state index contributed by atoms with van der Waals surface area (Å²) in [4.78, 5) is 4.46. The van der Waals surface area contributed by atoms with Crippen LogP contribution in [0, 0.1) is 6.92 Å². The first-order chi connectivity index (χ1) is 12.2. The first-order valence-electron chi connectivity index (χ1n) is 7.84.